The van der Waals surface area contributed by atoms with Crippen LogP contribution in [0.3, 0.4) is 0 Å². The van der Waals surface area contributed by atoms with E-state index in [0.717, 1.165) is 31.1 Å². The molecule has 0 radical (unpaired) electrons. The standard InChI is InChI=1S/C20H24N2O3S/c1-24-18-9-8-17(14-19(18)25-2)26-15-20(23)22-12-10-21(11-13-22)16-6-4-3-5-7-16/h3-9,14H,10-13,15H2,1-2H3. The van der Waals surface area contributed by atoms with Gasteiger partial charge in [-0.15, -0.1) is 11.8 Å². The Hall–Kier alpha value is -2.34. The van der Waals surface area contributed by atoms with Crippen LogP contribution in [0.5, 0.6) is 11.5 Å². The van der Waals surface area contributed by atoms with Crippen LogP contribution in [-0.4, -0.2) is 57.0 Å². The van der Waals surface area contributed by atoms with E-state index in [0.29, 0.717) is 17.3 Å². The Labute approximate surface area is 158 Å². The van der Waals surface area contributed by atoms with Crippen LogP contribution in [0.15, 0.2) is 53.4 Å². The number of carbonyl (C=O) groups excluding carboxylic acids is 1. The third kappa shape index (κ3) is 4.43. The predicted octanol–water partition coefficient (Wildman–Crippen LogP) is 3.14. The average Bonchev–Trinajstić information content (AvgIpc) is 2.72. The second kappa shape index (κ2) is 8.85. The van der Waals surface area contributed by atoms with Crippen molar-refractivity contribution in [1.82, 2.24) is 4.90 Å². The Bertz CT molecular complexity index is 731. The zero-order valence-corrected chi connectivity index (χ0v) is 16.0. The molecule has 0 unspecified atom stereocenters. The summed E-state index contributed by atoms with van der Waals surface area (Å²) in [5.74, 6) is 1.99. The minimum absolute atomic E-state index is 0.178. The Morgan fingerprint density at radius 1 is 0.962 bits per heavy atom. The molecule has 1 aliphatic heterocycles. The molecule has 138 valence electrons. The molecule has 1 aliphatic rings. The van der Waals surface area contributed by atoms with E-state index in [1.165, 1.54) is 17.4 Å². The fourth-order valence-electron chi connectivity index (χ4n) is 3.00. The molecule has 2 aromatic rings. The Kier molecular flexibility index (Phi) is 6.28. The summed E-state index contributed by atoms with van der Waals surface area (Å²) >= 11 is 1.53. The van der Waals surface area contributed by atoms with Gasteiger partial charge in [0.15, 0.2) is 11.5 Å². The van der Waals surface area contributed by atoms with Gasteiger partial charge in [0.1, 0.15) is 0 Å². The van der Waals surface area contributed by atoms with Crippen LogP contribution < -0.4 is 14.4 Å². The summed E-state index contributed by atoms with van der Waals surface area (Å²) in [5.41, 5.74) is 1.22. The molecule has 1 amide bonds. The van der Waals surface area contributed by atoms with Gasteiger partial charge in [-0.1, -0.05) is 18.2 Å². The number of carbonyl (C=O) groups is 1. The number of ether oxygens (including phenoxy) is 2. The van der Waals surface area contributed by atoms with Gasteiger partial charge in [0.2, 0.25) is 5.91 Å². The molecule has 1 fully saturated rings. The summed E-state index contributed by atoms with van der Waals surface area (Å²) in [6.07, 6.45) is 0. The number of anilines is 1. The molecule has 0 aliphatic carbocycles. The highest BCUT2D eigenvalue weighted by molar-refractivity contribution is 8.00. The van der Waals surface area contributed by atoms with Gasteiger partial charge in [-0.05, 0) is 30.3 Å². The fraction of sp³-hybridized carbons (Fsp3) is 0.350. The molecule has 6 heteroatoms. The molecule has 26 heavy (non-hydrogen) atoms. The number of rotatable bonds is 6. The molecule has 2 aromatic carbocycles. The van der Waals surface area contributed by atoms with Gasteiger partial charge in [-0.25, -0.2) is 0 Å². The number of nitrogens with zero attached hydrogens (tertiary/aromatic N) is 2. The highest BCUT2D eigenvalue weighted by Crippen LogP contribution is 2.32. The minimum atomic E-state index is 0.178. The van der Waals surface area contributed by atoms with E-state index in [4.69, 9.17) is 9.47 Å². The summed E-state index contributed by atoms with van der Waals surface area (Å²) < 4.78 is 10.6. The lowest BCUT2D eigenvalue weighted by atomic mass is 10.2. The molecular formula is C20H24N2O3S. The van der Waals surface area contributed by atoms with Crippen LogP contribution in [-0.2, 0) is 4.79 Å². The van der Waals surface area contributed by atoms with Gasteiger partial charge in [0.05, 0.1) is 20.0 Å². The number of hydrogen-bond donors (Lipinski definition) is 0. The number of piperazine rings is 1. The zero-order chi connectivity index (χ0) is 18.4. The number of benzene rings is 2. The van der Waals surface area contributed by atoms with Gasteiger partial charge < -0.3 is 19.3 Å². The van der Waals surface area contributed by atoms with Gasteiger partial charge in [0, 0.05) is 36.8 Å². The van der Waals surface area contributed by atoms with E-state index >= 15 is 0 Å². The Morgan fingerprint density at radius 2 is 1.65 bits per heavy atom. The van der Waals surface area contributed by atoms with Crippen LogP contribution >= 0.6 is 11.8 Å². The first kappa shape index (κ1) is 18.5. The topological polar surface area (TPSA) is 42.0 Å². The molecule has 0 aromatic heterocycles. The Balaban J connectivity index is 1.50. The van der Waals surface area contributed by atoms with Gasteiger partial charge in [-0.3, -0.25) is 4.79 Å². The molecule has 3 rings (SSSR count). The lowest BCUT2D eigenvalue weighted by Crippen LogP contribution is -2.49. The molecule has 0 spiro atoms. The smallest absolute Gasteiger partial charge is 0.233 e. The Morgan fingerprint density at radius 3 is 2.31 bits per heavy atom. The maximum Gasteiger partial charge on any atom is 0.233 e. The van der Waals surface area contributed by atoms with E-state index in [2.05, 4.69) is 17.0 Å². The quantitative estimate of drug-likeness (QED) is 0.729. The lowest BCUT2D eigenvalue weighted by molar-refractivity contribution is -0.128. The van der Waals surface area contributed by atoms with E-state index in [1.54, 1.807) is 14.2 Å². The van der Waals surface area contributed by atoms with Crippen LogP contribution in [0.25, 0.3) is 0 Å². The number of methoxy groups -OCH3 is 2. The lowest BCUT2D eigenvalue weighted by Gasteiger charge is -2.36. The third-order valence-electron chi connectivity index (χ3n) is 4.47. The van der Waals surface area contributed by atoms with Crippen LogP contribution in [0.1, 0.15) is 0 Å². The largest absolute Gasteiger partial charge is 0.493 e. The average molecular weight is 372 g/mol. The van der Waals surface area contributed by atoms with Crippen molar-refractivity contribution >= 4 is 23.4 Å². The summed E-state index contributed by atoms with van der Waals surface area (Å²) in [7, 11) is 3.23. The third-order valence-corrected chi connectivity index (χ3v) is 5.45. The van der Waals surface area contributed by atoms with Gasteiger partial charge in [-0.2, -0.15) is 0 Å². The second-order valence-corrected chi connectivity index (χ2v) is 7.06. The monoisotopic (exact) mass is 372 g/mol. The van der Waals surface area contributed by atoms with Crippen LogP contribution in [0.4, 0.5) is 5.69 Å². The van der Waals surface area contributed by atoms with Crippen molar-refractivity contribution in [1.29, 1.82) is 0 Å². The second-order valence-electron chi connectivity index (χ2n) is 6.01. The maximum absolute atomic E-state index is 12.5. The zero-order valence-electron chi connectivity index (χ0n) is 15.2. The highest BCUT2D eigenvalue weighted by Gasteiger charge is 2.21. The predicted molar refractivity (Wildman–Crippen MR) is 106 cm³/mol. The van der Waals surface area contributed by atoms with E-state index < -0.39 is 0 Å². The fourth-order valence-corrected chi connectivity index (χ4v) is 3.82. The molecule has 0 atom stereocenters. The molecular weight excluding hydrogens is 348 g/mol. The molecule has 1 saturated heterocycles. The summed E-state index contributed by atoms with van der Waals surface area (Å²) in [6.45, 7) is 3.27. The van der Waals surface area contributed by atoms with Crippen molar-refractivity contribution in [2.75, 3.05) is 51.1 Å². The SMILES string of the molecule is COc1ccc(SCC(=O)N2CCN(c3ccccc3)CC2)cc1OC. The molecule has 5 nitrogen and oxygen atoms in total. The number of hydrogen-bond acceptors (Lipinski definition) is 5. The van der Waals surface area contributed by atoms with E-state index in [1.807, 2.05) is 41.3 Å². The summed E-state index contributed by atoms with van der Waals surface area (Å²) in [6, 6.07) is 16.1. The molecule has 1 heterocycles. The van der Waals surface area contributed by atoms with Crippen LogP contribution in [0, 0.1) is 0 Å². The number of amides is 1. The summed E-state index contributed by atoms with van der Waals surface area (Å²) in [5, 5.41) is 0. The van der Waals surface area contributed by atoms with Gasteiger partial charge in [0.25, 0.3) is 0 Å². The molecule has 0 bridgehead atoms. The maximum atomic E-state index is 12.5. The normalized spacial score (nSPS) is 14.2. The van der Waals surface area contributed by atoms with Crippen molar-refractivity contribution in [3.05, 3.63) is 48.5 Å². The minimum Gasteiger partial charge on any atom is -0.493 e. The van der Waals surface area contributed by atoms with Crippen LogP contribution in [0.2, 0.25) is 0 Å². The number of para-hydroxylation sites is 1. The van der Waals surface area contributed by atoms with E-state index in [-0.39, 0.29) is 5.91 Å². The van der Waals surface area contributed by atoms with Crippen molar-refractivity contribution in [2.45, 2.75) is 4.90 Å². The van der Waals surface area contributed by atoms with Crippen molar-refractivity contribution in [3.63, 3.8) is 0 Å². The first-order chi connectivity index (χ1) is 12.7. The van der Waals surface area contributed by atoms with Crippen molar-refractivity contribution in [3.8, 4) is 11.5 Å². The summed E-state index contributed by atoms with van der Waals surface area (Å²) in [4.78, 5) is 17.8. The highest BCUT2D eigenvalue weighted by atomic mass is 32.2. The van der Waals surface area contributed by atoms with E-state index in [9.17, 15) is 4.79 Å². The first-order valence-electron chi connectivity index (χ1n) is 8.64. The van der Waals surface area contributed by atoms with Crippen molar-refractivity contribution < 1.29 is 14.3 Å². The molecule has 0 N–H and O–H groups in total. The number of thioether (sulfide) groups is 1. The molecule has 0 saturated carbocycles. The van der Waals surface area contributed by atoms with Gasteiger partial charge >= 0.3 is 0 Å². The first-order valence-corrected chi connectivity index (χ1v) is 9.62. The van der Waals surface area contributed by atoms with Crippen molar-refractivity contribution in [2.24, 2.45) is 0 Å².